The first-order valence-corrected chi connectivity index (χ1v) is 3.23. The maximum absolute atomic E-state index is 3.58. The van der Waals surface area contributed by atoms with Gasteiger partial charge in [-0.3, -0.25) is 0 Å². The minimum atomic E-state index is 0.803. The molecule has 0 aliphatic heterocycles. The molecule has 1 aromatic rings. The number of nitrogens with zero attached hydrogens (tertiary/aromatic N) is 3. The molecule has 0 unspecified atom stereocenters. The highest BCUT2D eigenvalue weighted by molar-refractivity contribution is 5.34. The molecule has 4 nitrogen and oxygen atoms in total. The molecule has 0 saturated carbocycles. The summed E-state index contributed by atoms with van der Waals surface area (Å²) in [7, 11) is 0. The maximum atomic E-state index is 3.58. The van der Waals surface area contributed by atoms with Gasteiger partial charge in [0, 0.05) is 6.54 Å². The lowest BCUT2D eigenvalue weighted by molar-refractivity contribution is 0.855. The van der Waals surface area contributed by atoms with E-state index in [0.717, 1.165) is 18.7 Å². The molecule has 10 heavy (non-hydrogen) atoms. The molecule has 0 saturated heterocycles. The molecule has 1 aromatic heterocycles. The third-order valence-corrected chi connectivity index (χ3v) is 1.02. The number of hydrogen-bond donors (Lipinski definition) is 1. The summed E-state index contributed by atoms with van der Waals surface area (Å²) >= 11 is 0. The van der Waals surface area contributed by atoms with Gasteiger partial charge in [-0.1, -0.05) is 6.92 Å². The Bertz CT molecular complexity index is 174. The first-order valence-electron chi connectivity index (χ1n) is 3.23. The third kappa shape index (κ3) is 1.97. The van der Waals surface area contributed by atoms with Crippen LogP contribution in [0.25, 0.3) is 0 Å². The van der Waals surface area contributed by atoms with Crippen LogP contribution < -0.4 is 5.32 Å². The van der Waals surface area contributed by atoms with Crippen LogP contribution in [0.3, 0.4) is 0 Å². The van der Waals surface area contributed by atoms with Gasteiger partial charge in [0.15, 0.2) is 0 Å². The maximum Gasteiger partial charge on any atom is 0.142 e. The number of nitrogens with one attached hydrogen (secondary N) is 1. The molecule has 1 N–H and O–H groups in total. The lowest BCUT2D eigenvalue weighted by atomic mass is 10.4. The van der Waals surface area contributed by atoms with Crippen molar-refractivity contribution in [2.45, 2.75) is 13.3 Å². The van der Waals surface area contributed by atoms with Crippen molar-refractivity contribution in [1.82, 2.24) is 15.4 Å². The number of aromatic nitrogens is 3. The SMILES string of the molecule is CCCNc1[c]nnnc1. The van der Waals surface area contributed by atoms with Crippen molar-refractivity contribution in [2.75, 3.05) is 11.9 Å². The average Bonchev–Trinajstić information content (AvgIpc) is 2.03. The summed E-state index contributed by atoms with van der Waals surface area (Å²) in [5, 5.41) is 13.5. The van der Waals surface area contributed by atoms with E-state index in [0.29, 0.717) is 0 Å². The van der Waals surface area contributed by atoms with Gasteiger partial charge < -0.3 is 5.32 Å². The van der Waals surface area contributed by atoms with E-state index < -0.39 is 0 Å². The minimum Gasteiger partial charge on any atom is -0.382 e. The lowest BCUT2D eigenvalue weighted by Gasteiger charge is -1.99. The first-order chi connectivity index (χ1) is 4.93. The molecular weight excluding hydrogens is 128 g/mol. The van der Waals surface area contributed by atoms with E-state index in [1.165, 1.54) is 0 Å². The first kappa shape index (κ1) is 6.92. The van der Waals surface area contributed by atoms with Crippen LogP contribution >= 0.6 is 0 Å². The summed E-state index contributed by atoms with van der Waals surface area (Å²) in [6, 6.07) is 0. The van der Waals surface area contributed by atoms with E-state index in [4.69, 9.17) is 0 Å². The van der Waals surface area contributed by atoms with E-state index in [1.807, 2.05) is 0 Å². The second kappa shape index (κ2) is 3.76. The topological polar surface area (TPSA) is 50.7 Å². The quantitative estimate of drug-likeness (QED) is 0.658. The molecule has 0 bridgehead atoms. The normalized spacial score (nSPS) is 9.30. The van der Waals surface area contributed by atoms with Gasteiger partial charge in [-0.15, -0.1) is 10.2 Å². The Balaban J connectivity index is 2.43. The van der Waals surface area contributed by atoms with Crippen molar-refractivity contribution < 1.29 is 0 Å². The molecule has 0 amide bonds. The molecule has 53 valence electrons. The highest BCUT2D eigenvalue weighted by Gasteiger charge is 1.88. The molecule has 0 aromatic carbocycles. The standard InChI is InChI=1S/C6H9N4/c1-2-3-7-6-4-8-10-9-5-6/h4H,2-3H2,1H3,(H,7,10). The van der Waals surface area contributed by atoms with Crippen LogP contribution in [0, 0.1) is 6.20 Å². The Morgan fingerprint density at radius 2 is 2.60 bits per heavy atom. The van der Waals surface area contributed by atoms with Crippen molar-refractivity contribution in [3.05, 3.63) is 12.4 Å². The fourth-order valence-corrected chi connectivity index (χ4v) is 0.559. The summed E-state index contributed by atoms with van der Waals surface area (Å²) in [6.45, 7) is 3.01. The van der Waals surface area contributed by atoms with Crippen molar-refractivity contribution in [1.29, 1.82) is 0 Å². The van der Waals surface area contributed by atoms with Crippen molar-refractivity contribution in [3.8, 4) is 0 Å². The molecule has 1 radical (unpaired) electrons. The van der Waals surface area contributed by atoms with Gasteiger partial charge in [-0.05, 0) is 11.6 Å². The zero-order valence-corrected chi connectivity index (χ0v) is 5.83. The van der Waals surface area contributed by atoms with E-state index in [1.54, 1.807) is 6.20 Å². The fraction of sp³-hybridized carbons (Fsp3) is 0.500. The van der Waals surface area contributed by atoms with Gasteiger partial charge in [0.25, 0.3) is 0 Å². The van der Waals surface area contributed by atoms with Crippen LogP contribution in [0.4, 0.5) is 5.69 Å². The van der Waals surface area contributed by atoms with Crippen molar-refractivity contribution >= 4 is 5.69 Å². The zero-order chi connectivity index (χ0) is 7.23. The Kier molecular flexibility index (Phi) is 2.61. The van der Waals surface area contributed by atoms with Gasteiger partial charge >= 0.3 is 0 Å². The number of rotatable bonds is 3. The van der Waals surface area contributed by atoms with Gasteiger partial charge in [-0.2, -0.15) is 0 Å². The number of hydrogen-bond acceptors (Lipinski definition) is 4. The Morgan fingerprint density at radius 1 is 1.70 bits per heavy atom. The van der Waals surface area contributed by atoms with Gasteiger partial charge in [-0.25, -0.2) is 0 Å². The highest BCUT2D eigenvalue weighted by Crippen LogP contribution is 1.96. The summed E-state index contributed by atoms with van der Waals surface area (Å²) in [5.74, 6) is 0. The molecule has 1 rings (SSSR count). The van der Waals surface area contributed by atoms with Gasteiger partial charge in [0.05, 0.1) is 11.9 Å². The smallest absolute Gasteiger partial charge is 0.142 e. The molecule has 0 atom stereocenters. The van der Waals surface area contributed by atoms with Crippen molar-refractivity contribution in [2.24, 2.45) is 0 Å². The zero-order valence-electron chi connectivity index (χ0n) is 5.83. The second-order valence-corrected chi connectivity index (χ2v) is 1.89. The van der Waals surface area contributed by atoms with Crippen LogP contribution in [-0.2, 0) is 0 Å². The monoisotopic (exact) mass is 137 g/mol. The molecule has 0 spiro atoms. The van der Waals surface area contributed by atoms with E-state index in [9.17, 15) is 0 Å². The molecule has 1 heterocycles. The van der Waals surface area contributed by atoms with Crippen LogP contribution in [0.2, 0.25) is 0 Å². The average molecular weight is 137 g/mol. The predicted octanol–water partition coefficient (Wildman–Crippen LogP) is 0.494. The van der Waals surface area contributed by atoms with Crippen molar-refractivity contribution in [3.63, 3.8) is 0 Å². The van der Waals surface area contributed by atoms with Crippen LogP contribution in [0.1, 0.15) is 13.3 Å². The van der Waals surface area contributed by atoms with E-state index in [-0.39, 0.29) is 0 Å². The predicted molar refractivity (Wildman–Crippen MR) is 37.4 cm³/mol. The lowest BCUT2D eigenvalue weighted by Crippen LogP contribution is -2.01. The molecule has 0 aliphatic rings. The van der Waals surface area contributed by atoms with Gasteiger partial charge in [0.2, 0.25) is 0 Å². The van der Waals surface area contributed by atoms with Gasteiger partial charge in [0.1, 0.15) is 6.20 Å². The third-order valence-electron chi connectivity index (χ3n) is 1.02. The van der Waals surface area contributed by atoms with E-state index in [2.05, 4.69) is 33.8 Å². The largest absolute Gasteiger partial charge is 0.382 e. The Labute approximate surface area is 59.7 Å². The highest BCUT2D eigenvalue weighted by atomic mass is 15.3. The summed E-state index contributed by atoms with van der Waals surface area (Å²) in [6.07, 6.45) is 5.35. The molecular formula is C6H9N4. The van der Waals surface area contributed by atoms with Crippen LogP contribution in [0.5, 0.6) is 0 Å². The molecule has 0 fully saturated rings. The summed E-state index contributed by atoms with van der Waals surface area (Å²) < 4.78 is 0. The number of anilines is 1. The summed E-state index contributed by atoms with van der Waals surface area (Å²) in [4.78, 5) is 0. The fourth-order valence-electron chi connectivity index (χ4n) is 0.559. The molecule has 4 heteroatoms. The molecule has 0 aliphatic carbocycles. The van der Waals surface area contributed by atoms with Crippen LogP contribution in [0.15, 0.2) is 6.20 Å². The Hall–Kier alpha value is -1.19. The van der Waals surface area contributed by atoms with E-state index >= 15 is 0 Å². The Morgan fingerprint density at radius 3 is 3.20 bits per heavy atom. The second-order valence-electron chi connectivity index (χ2n) is 1.89. The summed E-state index contributed by atoms with van der Waals surface area (Å²) in [5.41, 5.74) is 0.803. The van der Waals surface area contributed by atoms with Crippen LogP contribution in [-0.4, -0.2) is 22.0 Å². The minimum absolute atomic E-state index is 0.803.